The fourth-order valence-corrected chi connectivity index (χ4v) is 3.73. The van der Waals surface area contributed by atoms with Gasteiger partial charge in [0.25, 0.3) is 5.91 Å². The molecule has 1 aliphatic rings. The van der Waals surface area contributed by atoms with Crippen molar-refractivity contribution in [1.29, 1.82) is 0 Å². The van der Waals surface area contributed by atoms with E-state index in [-0.39, 0.29) is 12.0 Å². The molecule has 0 aliphatic heterocycles. The molecule has 2 unspecified atom stereocenters. The number of aliphatic hydroxyl groups excluding tert-OH is 1. The lowest BCUT2D eigenvalue weighted by Gasteiger charge is -2.25. The van der Waals surface area contributed by atoms with Gasteiger partial charge in [-0.2, -0.15) is 0 Å². The van der Waals surface area contributed by atoms with Gasteiger partial charge in [0.1, 0.15) is 0 Å². The molecule has 2 N–H and O–H groups in total. The maximum absolute atomic E-state index is 12.3. The van der Waals surface area contributed by atoms with Gasteiger partial charge in [-0.3, -0.25) is 9.36 Å². The summed E-state index contributed by atoms with van der Waals surface area (Å²) in [6.07, 6.45) is 9.26. The minimum absolute atomic E-state index is 0.0580. The number of aliphatic hydroxyl groups is 1. The van der Waals surface area contributed by atoms with Crippen molar-refractivity contribution >= 4 is 17.7 Å². The van der Waals surface area contributed by atoms with Crippen LogP contribution in [0.25, 0.3) is 5.69 Å². The molecule has 0 bridgehead atoms. The largest absolute Gasteiger partial charge is 0.393 e. The highest BCUT2D eigenvalue weighted by molar-refractivity contribution is 7.98. The third kappa shape index (κ3) is 3.99. The Kier molecular flexibility index (Phi) is 5.58. The van der Waals surface area contributed by atoms with Crippen LogP contribution >= 0.6 is 11.8 Å². The molecule has 1 aliphatic carbocycles. The molecule has 0 spiro atoms. The van der Waals surface area contributed by atoms with Crippen LogP contribution in [0.3, 0.4) is 0 Å². The minimum atomic E-state index is -0.208. The Hall–Kier alpha value is -1.79. The molecule has 0 saturated heterocycles. The fraction of sp³-hybridized carbons (Fsp3) is 0.444. The first kappa shape index (κ1) is 17.0. The van der Waals surface area contributed by atoms with E-state index in [9.17, 15) is 9.90 Å². The van der Waals surface area contributed by atoms with Crippen molar-refractivity contribution in [3.63, 3.8) is 0 Å². The Labute approximate surface area is 146 Å². The number of thioether (sulfide) groups is 1. The number of carbonyl (C=O) groups excluding carboxylic acids is 1. The van der Waals surface area contributed by atoms with Gasteiger partial charge in [0.2, 0.25) is 0 Å². The molecule has 1 saturated carbocycles. The zero-order valence-corrected chi connectivity index (χ0v) is 14.6. The molecule has 2 aromatic rings. The normalized spacial score (nSPS) is 20.8. The number of carbonyl (C=O) groups is 1. The smallest absolute Gasteiger partial charge is 0.251 e. The van der Waals surface area contributed by atoms with Crippen LogP contribution in [0.4, 0.5) is 0 Å². The van der Waals surface area contributed by atoms with E-state index in [1.807, 2.05) is 41.3 Å². The third-order valence-corrected chi connectivity index (χ3v) is 5.17. The van der Waals surface area contributed by atoms with Crippen molar-refractivity contribution in [1.82, 2.24) is 14.9 Å². The molecule has 0 radical (unpaired) electrons. The van der Waals surface area contributed by atoms with Gasteiger partial charge in [-0.15, -0.1) is 0 Å². The van der Waals surface area contributed by atoms with Crippen LogP contribution in [0.15, 0.2) is 41.8 Å². The van der Waals surface area contributed by atoms with Crippen LogP contribution < -0.4 is 5.32 Å². The molecular weight excluding hydrogens is 322 g/mol. The van der Waals surface area contributed by atoms with Gasteiger partial charge in [-0.1, -0.05) is 18.2 Å². The number of benzene rings is 1. The van der Waals surface area contributed by atoms with Crippen LogP contribution in [0, 0.1) is 5.92 Å². The Morgan fingerprint density at radius 3 is 2.88 bits per heavy atom. The molecule has 6 heteroatoms. The molecular formula is C18H23N3O2S. The maximum atomic E-state index is 12.3. The minimum Gasteiger partial charge on any atom is -0.393 e. The summed E-state index contributed by atoms with van der Waals surface area (Å²) < 4.78 is 2.00. The summed E-state index contributed by atoms with van der Waals surface area (Å²) >= 11 is 1.58. The predicted molar refractivity (Wildman–Crippen MR) is 95.6 cm³/mol. The van der Waals surface area contributed by atoms with E-state index >= 15 is 0 Å². The van der Waals surface area contributed by atoms with E-state index in [4.69, 9.17) is 0 Å². The number of amides is 1. The van der Waals surface area contributed by atoms with Crippen LogP contribution in [0.2, 0.25) is 0 Å². The van der Waals surface area contributed by atoms with Gasteiger partial charge < -0.3 is 10.4 Å². The Balaban J connectivity index is 1.59. The van der Waals surface area contributed by atoms with E-state index in [0.29, 0.717) is 18.0 Å². The molecule has 1 aromatic heterocycles. The Morgan fingerprint density at radius 2 is 2.17 bits per heavy atom. The second-order valence-corrected chi connectivity index (χ2v) is 7.00. The number of aromatic nitrogens is 2. The number of imidazole rings is 1. The number of hydrogen-bond donors (Lipinski definition) is 2. The lowest BCUT2D eigenvalue weighted by Crippen LogP contribution is -2.32. The van der Waals surface area contributed by atoms with Crippen molar-refractivity contribution in [3.05, 3.63) is 42.2 Å². The van der Waals surface area contributed by atoms with Crippen LogP contribution in [0.1, 0.15) is 36.0 Å². The first-order valence-electron chi connectivity index (χ1n) is 8.31. The summed E-state index contributed by atoms with van der Waals surface area (Å²) in [6.45, 7) is 0.635. The zero-order chi connectivity index (χ0) is 16.9. The summed E-state index contributed by atoms with van der Waals surface area (Å²) in [7, 11) is 0. The molecule has 3 rings (SSSR count). The summed E-state index contributed by atoms with van der Waals surface area (Å²) in [5.41, 5.74) is 1.64. The highest BCUT2D eigenvalue weighted by atomic mass is 32.2. The first-order chi connectivity index (χ1) is 11.7. The van der Waals surface area contributed by atoms with E-state index in [2.05, 4.69) is 10.3 Å². The molecule has 1 fully saturated rings. The Morgan fingerprint density at radius 1 is 1.38 bits per heavy atom. The summed E-state index contributed by atoms with van der Waals surface area (Å²) in [6, 6.07) is 7.54. The highest BCUT2D eigenvalue weighted by Crippen LogP contribution is 2.23. The molecule has 2 atom stereocenters. The number of nitrogens with one attached hydrogen (secondary N) is 1. The quantitative estimate of drug-likeness (QED) is 0.818. The van der Waals surface area contributed by atoms with Crippen molar-refractivity contribution in [2.45, 2.75) is 36.9 Å². The number of nitrogens with zero attached hydrogens (tertiary/aromatic N) is 2. The van der Waals surface area contributed by atoms with Gasteiger partial charge >= 0.3 is 0 Å². The monoisotopic (exact) mass is 345 g/mol. The molecule has 24 heavy (non-hydrogen) atoms. The van der Waals surface area contributed by atoms with Gasteiger partial charge in [0.05, 0.1) is 6.10 Å². The van der Waals surface area contributed by atoms with Gasteiger partial charge in [-0.05, 0) is 55.7 Å². The summed E-state index contributed by atoms with van der Waals surface area (Å²) in [5, 5.41) is 13.6. The summed E-state index contributed by atoms with van der Waals surface area (Å²) in [5.74, 6) is 0.324. The lowest BCUT2D eigenvalue weighted by atomic mass is 9.87. The molecule has 5 nitrogen and oxygen atoms in total. The van der Waals surface area contributed by atoms with E-state index < -0.39 is 0 Å². The lowest BCUT2D eigenvalue weighted by molar-refractivity contribution is 0.0874. The fourth-order valence-electron chi connectivity index (χ4n) is 3.20. The summed E-state index contributed by atoms with van der Waals surface area (Å²) in [4.78, 5) is 16.6. The molecule has 1 heterocycles. The first-order valence-corrected chi connectivity index (χ1v) is 9.54. The second kappa shape index (κ2) is 7.85. The topological polar surface area (TPSA) is 67.2 Å². The van der Waals surface area contributed by atoms with Crippen molar-refractivity contribution in [2.75, 3.05) is 12.8 Å². The number of rotatable bonds is 5. The average Bonchev–Trinajstić information content (AvgIpc) is 3.08. The zero-order valence-electron chi connectivity index (χ0n) is 13.8. The van der Waals surface area contributed by atoms with E-state index in [0.717, 1.165) is 36.5 Å². The van der Waals surface area contributed by atoms with E-state index in [1.165, 1.54) is 0 Å². The van der Waals surface area contributed by atoms with Crippen LogP contribution in [-0.2, 0) is 0 Å². The maximum Gasteiger partial charge on any atom is 0.251 e. The van der Waals surface area contributed by atoms with Gasteiger partial charge in [0.15, 0.2) is 5.16 Å². The van der Waals surface area contributed by atoms with Crippen molar-refractivity contribution in [2.24, 2.45) is 5.92 Å². The molecule has 1 aromatic carbocycles. The molecule has 1 amide bonds. The second-order valence-electron chi connectivity index (χ2n) is 6.23. The van der Waals surface area contributed by atoms with Gasteiger partial charge in [0, 0.05) is 30.2 Å². The molecule has 128 valence electrons. The van der Waals surface area contributed by atoms with E-state index in [1.54, 1.807) is 18.0 Å². The average molecular weight is 345 g/mol. The van der Waals surface area contributed by atoms with Crippen molar-refractivity contribution < 1.29 is 9.90 Å². The van der Waals surface area contributed by atoms with Crippen LogP contribution in [-0.4, -0.2) is 39.5 Å². The predicted octanol–water partition coefficient (Wildman–Crippen LogP) is 2.88. The van der Waals surface area contributed by atoms with Crippen molar-refractivity contribution in [3.8, 4) is 5.69 Å². The SMILES string of the molecule is CSc1nccn1-c1ccc(C(=O)NCC2CCCC(O)C2)cc1. The number of hydrogen-bond acceptors (Lipinski definition) is 4. The van der Waals surface area contributed by atoms with Gasteiger partial charge in [-0.25, -0.2) is 4.98 Å². The third-order valence-electron chi connectivity index (χ3n) is 4.50. The Bertz CT molecular complexity index is 684. The standard InChI is InChI=1S/C18H23N3O2S/c1-24-18-19-9-10-21(18)15-7-5-14(6-8-15)17(23)20-12-13-3-2-4-16(22)11-13/h5-10,13,16,22H,2-4,11-12H2,1H3,(H,20,23). The highest BCUT2D eigenvalue weighted by Gasteiger charge is 2.20. The van der Waals surface area contributed by atoms with Crippen LogP contribution in [0.5, 0.6) is 0 Å².